The van der Waals surface area contributed by atoms with Crippen LogP contribution in [0.2, 0.25) is 0 Å². The van der Waals surface area contributed by atoms with Crippen LogP contribution in [0.3, 0.4) is 0 Å². The fourth-order valence-electron chi connectivity index (χ4n) is 1.51. The molecular formula is C12H16N2O5. The lowest BCUT2D eigenvalue weighted by molar-refractivity contribution is -0.385. The Morgan fingerprint density at radius 3 is 2.79 bits per heavy atom. The van der Waals surface area contributed by atoms with Crippen molar-refractivity contribution >= 4 is 11.6 Å². The molecule has 0 unspecified atom stereocenters. The molecule has 0 aliphatic heterocycles. The molecule has 0 fully saturated rings. The molecule has 0 spiro atoms. The Hall–Kier alpha value is -2.15. The van der Waals surface area contributed by atoms with E-state index in [1.54, 1.807) is 0 Å². The third-order valence-electron chi connectivity index (χ3n) is 2.53. The van der Waals surface area contributed by atoms with Crippen molar-refractivity contribution in [1.82, 2.24) is 4.90 Å². The van der Waals surface area contributed by atoms with Crippen molar-refractivity contribution < 1.29 is 19.6 Å². The van der Waals surface area contributed by atoms with Gasteiger partial charge in [0.05, 0.1) is 11.5 Å². The first-order valence-corrected chi connectivity index (χ1v) is 5.78. The van der Waals surface area contributed by atoms with E-state index in [4.69, 9.17) is 4.74 Å². The molecule has 1 rings (SSSR count). The highest BCUT2D eigenvalue weighted by Crippen LogP contribution is 2.24. The van der Waals surface area contributed by atoms with Crippen molar-refractivity contribution in [3.8, 4) is 5.75 Å². The van der Waals surface area contributed by atoms with Crippen LogP contribution in [0, 0.1) is 10.1 Å². The van der Waals surface area contributed by atoms with Crippen LogP contribution < -0.4 is 0 Å². The van der Waals surface area contributed by atoms with Crippen LogP contribution >= 0.6 is 0 Å². The standard InChI is InChI=1S/C12H16N2O5/c1-3-19-7-6-13(2)12(16)10-8-9(15)4-5-11(10)14(17)18/h4-5,8,15H,3,6-7H2,1-2H3. The van der Waals surface area contributed by atoms with Crippen LogP contribution in [0.1, 0.15) is 17.3 Å². The molecule has 1 amide bonds. The summed E-state index contributed by atoms with van der Waals surface area (Å²) in [5.74, 6) is -0.713. The minimum Gasteiger partial charge on any atom is -0.508 e. The number of nitro benzene ring substituents is 1. The molecule has 0 saturated carbocycles. The lowest BCUT2D eigenvalue weighted by Crippen LogP contribution is -2.30. The molecule has 19 heavy (non-hydrogen) atoms. The van der Waals surface area contributed by atoms with E-state index in [2.05, 4.69) is 0 Å². The van der Waals surface area contributed by atoms with Gasteiger partial charge in [-0.05, 0) is 19.1 Å². The van der Waals surface area contributed by atoms with Gasteiger partial charge in [-0.3, -0.25) is 14.9 Å². The van der Waals surface area contributed by atoms with E-state index < -0.39 is 10.8 Å². The van der Waals surface area contributed by atoms with Crippen LogP contribution in [0.15, 0.2) is 18.2 Å². The third kappa shape index (κ3) is 3.92. The molecule has 1 N–H and O–H groups in total. The number of phenolic OH excluding ortho intramolecular Hbond substituents is 1. The summed E-state index contributed by atoms with van der Waals surface area (Å²) in [5.41, 5.74) is -0.463. The molecule has 0 heterocycles. The maximum atomic E-state index is 12.1. The van der Waals surface area contributed by atoms with Crippen LogP contribution in [0.5, 0.6) is 5.75 Å². The largest absolute Gasteiger partial charge is 0.508 e. The Morgan fingerprint density at radius 2 is 2.21 bits per heavy atom. The summed E-state index contributed by atoms with van der Waals surface area (Å²) in [6, 6.07) is 3.38. The van der Waals surface area contributed by atoms with Crippen LogP contribution in [-0.2, 0) is 4.74 Å². The van der Waals surface area contributed by atoms with Gasteiger partial charge in [-0.1, -0.05) is 0 Å². The molecular weight excluding hydrogens is 252 g/mol. The van der Waals surface area contributed by atoms with Crippen molar-refractivity contribution in [2.24, 2.45) is 0 Å². The molecule has 0 aliphatic rings. The molecule has 7 nitrogen and oxygen atoms in total. The van der Waals surface area contributed by atoms with Gasteiger partial charge in [-0.15, -0.1) is 0 Å². The van der Waals surface area contributed by atoms with Gasteiger partial charge in [0.25, 0.3) is 11.6 Å². The topological polar surface area (TPSA) is 92.9 Å². The Balaban J connectivity index is 2.91. The predicted molar refractivity (Wildman–Crippen MR) is 68.2 cm³/mol. The number of ether oxygens (including phenoxy) is 1. The third-order valence-corrected chi connectivity index (χ3v) is 2.53. The summed E-state index contributed by atoms with van der Waals surface area (Å²) < 4.78 is 5.11. The number of rotatable bonds is 6. The lowest BCUT2D eigenvalue weighted by Gasteiger charge is -2.17. The van der Waals surface area contributed by atoms with Crippen LogP contribution in [0.4, 0.5) is 5.69 Å². The van der Waals surface area contributed by atoms with E-state index in [1.807, 2.05) is 6.92 Å². The normalized spacial score (nSPS) is 10.2. The molecule has 7 heteroatoms. The molecule has 0 saturated heterocycles. The Morgan fingerprint density at radius 1 is 1.53 bits per heavy atom. The Labute approximate surface area is 110 Å². The average Bonchev–Trinajstić information content (AvgIpc) is 2.37. The van der Waals surface area contributed by atoms with Crippen molar-refractivity contribution in [3.63, 3.8) is 0 Å². The number of benzene rings is 1. The van der Waals surface area contributed by atoms with E-state index in [1.165, 1.54) is 18.0 Å². The maximum Gasteiger partial charge on any atom is 0.282 e. The number of amides is 1. The quantitative estimate of drug-likeness (QED) is 0.478. The molecule has 0 aromatic heterocycles. The SMILES string of the molecule is CCOCCN(C)C(=O)c1cc(O)ccc1[N+](=O)[O-]. The lowest BCUT2D eigenvalue weighted by atomic mass is 10.1. The summed E-state index contributed by atoms with van der Waals surface area (Å²) in [6.45, 7) is 3.04. The second-order valence-electron chi connectivity index (χ2n) is 3.88. The summed E-state index contributed by atoms with van der Waals surface area (Å²) in [5, 5.41) is 20.2. The van der Waals surface area contributed by atoms with Gasteiger partial charge >= 0.3 is 0 Å². The fraction of sp³-hybridized carbons (Fsp3) is 0.417. The molecule has 1 aromatic rings. The van der Waals surface area contributed by atoms with Crippen LogP contribution in [0.25, 0.3) is 0 Å². The van der Waals surface area contributed by atoms with Gasteiger partial charge < -0.3 is 14.7 Å². The number of hydrogen-bond acceptors (Lipinski definition) is 5. The molecule has 0 radical (unpaired) electrons. The van der Waals surface area contributed by atoms with Crippen LogP contribution in [-0.4, -0.2) is 47.6 Å². The van der Waals surface area contributed by atoms with Gasteiger partial charge in [-0.25, -0.2) is 0 Å². The second-order valence-corrected chi connectivity index (χ2v) is 3.88. The summed E-state index contributed by atoms with van der Waals surface area (Å²) in [7, 11) is 1.52. The number of aromatic hydroxyl groups is 1. The highest BCUT2D eigenvalue weighted by molar-refractivity contribution is 5.98. The van der Waals surface area contributed by atoms with Crippen molar-refractivity contribution in [1.29, 1.82) is 0 Å². The van der Waals surface area contributed by atoms with E-state index in [-0.39, 0.29) is 17.0 Å². The Bertz CT molecular complexity index is 475. The highest BCUT2D eigenvalue weighted by atomic mass is 16.6. The molecule has 0 aliphatic carbocycles. The number of nitro groups is 1. The number of hydrogen-bond donors (Lipinski definition) is 1. The first-order valence-electron chi connectivity index (χ1n) is 5.78. The molecule has 1 aromatic carbocycles. The number of phenols is 1. The number of nitrogens with zero attached hydrogens (tertiary/aromatic N) is 2. The van der Waals surface area contributed by atoms with E-state index in [9.17, 15) is 20.0 Å². The minimum absolute atomic E-state index is 0.135. The minimum atomic E-state index is -0.650. The number of carbonyl (C=O) groups excluding carboxylic acids is 1. The second kappa shape index (κ2) is 6.69. The predicted octanol–water partition coefficient (Wildman–Crippen LogP) is 1.41. The van der Waals surface area contributed by atoms with E-state index in [0.29, 0.717) is 19.8 Å². The zero-order valence-electron chi connectivity index (χ0n) is 10.8. The maximum absolute atomic E-state index is 12.1. The van der Waals surface area contributed by atoms with Crippen molar-refractivity contribution in [3.05, 3.63) is 33.9 Å². The van der Waals surface area contributed by atoms with Crippen molar-refractivity contribution in [2.45, 2.75) is 6.92 Å². The van der Waals surface area contributed by atoms with Crippen molar-refractivity contribution in [2.75, 3.05) is 26.8 Å². The highest BCUT2D eigenvalue weighted by Gasteiger charge is 2.23. The van der Waals surface area contributed by atoms with Gasteiger partial charge in [0, 0.05) is 26.3 Å². The van der Waals surface area contributed by atoms with Gasteiger partial charge in [0.1, 0.15) is 11.3 Å². The van der Waals surface area contributed by atoms with Gasteiger partial charge in [0.15, 0.2) is 0 Å². The monoisotopic (exact) mass is 268 g/mol. The van der Waals surface area contributed by atoms with E-state index in [0.717, 1.165) is 12.1 Å². The Kier molecular flexibility index (Phi) is 5.25. The van der Waals surface area contributed by atoms with Gasteiger partial charge in [-0.2, -0.15) is 0 Å². The molecule has 104 valence electrons. The first kappa shape index (κ1) is 14.9. The fourth-order valence-corrected chi connectivity index (χ4v) is 1.51. The average molecular weight is 268 g/mol. The smallest absolute Gasteiger partial charge is 0.282 e. The summed E-state index contributed by atoms with van der Waals surface area (Å²) in [6.07, 6.45) is 0. The number of likely N-dealkylation sites (N-methyl/N-ethyl adjacent to an activating group) is 1. The molecule has 0 bridgehead atoms. The summed E-state index contributed by atoms with van der Waals surface area (Å²) in [4.78, 5) is 23.6. The zero-order valence-corrected chi connectivity index (χ0v) is 10.8. The van der Waals surface area contributed by atoms with E-state index >= 15 is 0 Å². The molecule has 0 atom stereocenters. The first-order chi connectivity index (χ1) is 8.97. The van der Waals surface area contributed by atoms with Gasteiger partial charge in [0.2, 0.25) is 0 Å². The zero-order chi connectivity index (χ0) is 14.4. The summed E-state index contributed by atoms with van der Waals surface area (Å²) >= 11 is 0. The number of carbonyl (C=O) groups is 1.